The Bertz CT molecular complexity index is 1950. The maximum atomic E-state index is 13.2. The van der Waals surface area contributed by atoms with Crippen molar-refractivity contribution in [2.45, 2.75) is 24.6 Å². The van der Waals surface area contributed by atoms with Crippen LogP contribution < -0.4 is 10.1 Å². The molecule has 15 heteroatoms. The van der Waals surface area contributed by atoms with E-state index in [2.05, 4.69) is 15.0 Å². The molecule has 2 aromatic heterocycles. The fourth-order valence-electron chi connectivity index (χ4n) is 4.43. The van der Waals surface area contributed by atoms with Gasteiger partial charge in [0.1, 0.15) is 10.6 Å². The van der Waals surface area contributed by atoms with E-state index in [-0.39, 0.29) is 34.2 Å². The molecule has 0 amide bonds. The number of carbonyl (C=O) groups is 2. The summed E-state index contributed by atoms with van der Waals surface area (Å²) >= 11 is 0. The maximum Gasteiger partial charge on any atom is 0.573 e. The molecular formula is C31H27ClF3N3O7S. The Morgan fingerprint density at radius 3 is 2.17 bits per heavy atom. The number of ether oxygens (including phenoxy) is 1. The van der Waals surface area contributed by atoms with Crippen molar-refractivity contribution >= 4 is 51.0 Å². The third-order valence-corrected chi connectivity index (χ3v) is 8.25. The zero-order valence-corrected chi connectivity index (χ0v) is 25.8. The van der Waals surface area contributed by atoms with E-state index in [0.717, 1.165) is 22.6 Å². The average Bonchev–Trinajstić information content (AvgIpc) is 3.37. The van der Waals surface area contributed by atoms with Crippen LogP contribution in [0, 0.1) is 6.92 Å². The summed E-state index contributed by atoms with van der Waals surface area (Å²) in [4.78, 5) is 24.7. The Morgan fingerprint density at radius 1 is 0.957 bits per heavy atom. The van der Waals surface area contributed by atoms with Crippen molar-refractivity contribution in [1.29, 1.82) is 0 Å². The van der Waals surface area contributed by atoms with Crippen molar-refractivity contribution in [2.24, 2.45) is 0 Å². The third kappa shape index (κ3) is 8.34. The first-order valence-corrected chi connectivity index (χ1v) is 14.5. The van der Waals surface area contributed by atoms with E-state index in [1.165, 1.54) is 59.0 Å². The van der Waals surface area contributed by atoms with Crippen LogP contribution in [-0.2, 0) is 16.4 Å². The van der Waals surface area contributed by atoms with E-state index < -0.39 is 28.3 Å². The highest BCUT2D eigenvalue weighted by molar-refractivity contribution is 7.90. The predicted molar refractivity (Wildman–Crippen MR) is 167 cm³/mol. The standard InChI is InChI=1S/C23H20F3N3O3S.C8H6O4.ClH/c1-15-10-18(32-23(24,25)26)7-6-17(15)11-16-5-8-20-21(27-2)14-29(22(20)12-16)33(30,31)19-4-3-9-28-13-19;9-7(10)5-2-1-3-6(4-5)8(11)12;/h3-10,12-14,27H,11H2,1-2H3;1-4H,(H,9,10)(H,11,12);1H. The summed E-state index contributed by atoms with van der Waals surface area (Å²) in [5.74, 6) is -2.54. The van der Waals surface area contributed by atoms with Crippen LogP contribution in [0.1, 0.15) is 37.4 Å². The summed E-state index contributed by atoms with van der Waals surface area (Å²) in [5.41, 5.74) is 3.32. The van der Waals surface area contributed by atoms with Gasteiger partial charge in [0.05, 0.1) is 22.3 Å². The van der Waals surface area contributed by atoms with Crippen LogP contribution in [0.3, 0.4) is 0 Å². The van der Waals surface area contributed by atoms with Gasteiger partial charge in [0, 0.05) is 31.0 Å². The minimum atomic E-state index is -4.75. The van der Waals surface area contributed by atoms with E-state index in [4.69, 9.17) is 10.2 Å². The molecule has 0 radical (unpaired) electrons. The van der Waals surface area contributed by atoms with Crippen LogP contribution >= 0.6 is 12.4 Å². The molecule has 46 heavy (non-hydrogen) atoms. The number of aromatic nitrogens is 2. The number of carboxylic acid groups (broad SMARTS) is 2. The van der Waals surface area contributed by atoms with E-state index in [1.807, 2.05) is 12.1 Å². The number of hydrogen-bond donors (Lipinski definition) is 3. The molecule has 0 aliphatic rings. The topological polar surface area (TPSA) is 148 Å². The summed E-state index contributed by atoms with van der Waals surface area (Å²) in [6.07, 6.45) is -0.0448. The molecule has 0 saturated heterocycles. The molecule has 0 fully saturated rings. The van der Waals surface area contributed by atoms with Gasteiger partial charge in [-0.1, -0.05) is 24.3 Å². The number of hydrogen-bond acceptors (Lipinski definition) is 7. The smallest absolute Gasteiger partial charge is 0.478 e. The highest BCUT2D eigenvalue weighted by Crippen LogP contribution is 2.31. The van der Waals surface area contributed by atoms with Crippen LogP contribution in [0.2, 0.25) is 0 Å². The van der Waals surface area contributed by atoms with Crippen molar-refractivity contribution in [3.63, 3.8) is 0 Å². The lowest BCUT2D eigenvalue weighted by Gasteiger charge is -2.12. The van der Waals surface area contributed by atoms with Crippen LogP contribution in [0.4, 0.5) is 18.9 Å². The normalized spacial score (nSPS) is 11.2. The van der Waals surface area contributed by atoms with Crippen molar-refractivity contribution < 1.29 is 46.1 Å². The summed E-state index contributed by atoms with van der Waals surface area (Å²) in [6, 6.07) is 17.9. The van der Waals surface area contributed by atoms with Crippen LogP contribution in [-0.4, -0.2) is 52.9 Å². The van der Waals surface area contributed by atoms with Crippen molar-refractivity contribution in [1.82, 2.24) is 8.96 Å². The number of fused-ring (bicyclic) bond motifs is 1. The third-order valence-electron chi connectivity index (χ3n) is 6.60. The molecule has 0 aliphatic carbocycles. The molecule has 0 aliphatic heterocycles. The molecule has 3 N–H and O–H groups in total. The summed E-state index contributed by atoms with van der Waals surface area (Å²) < 4.78 is 69.1. The van der Waals surface area contributed by atoms with E-state index in [1.54, 1.807) is 32.2 Å². The molecule has 5 rings (SSSR count). The Kier molecular flexibility index (Phi) is 11.0. The first kappa shape index (κ1) is 35.4. The van der Waals surface area contributed by atoms with Gasteiger partial charge in [0.2, 0.25) is 0 Å². The number of anilines is 1. The second-order valence-electron chi connectivity index (χ2n) is 9.64. The molecule has 5 aromatic rings. The SMILES string of the molecule is CNc1cn(S(=O)(=O)c2cccnc2)c2cc(Cc3ccc(OC(F)(F)F)cc3C)ccc12.Cl.O=C(O)c1cccc(C(=O)O)c1. The minimum Gasteiger partial charge on any atom is -0.478 e. The number of pyridine rings is 1. The van der Waals surface area contributed by atoms with E-state index >= 15 is 0 Å². The number of carboxylic acids is 2. The minimum absolute atomic E-state index is 0. The highest BCUT2D eigenvalue weighted by Gasteiger charge is 2.31. The number of nitrogens with one attached hydrogen (secondary N) is 1. The summed E-state index contributed by atoms with van der Waals surface area (Å²) in [7, 11) is -2.18. The lowest BCUT2D eigenvalue weighted by atomic mass is 9.99. The number of rotatable bonds is 8. The average molecular weight is 678 g/mol. The predicted octanol–water partition coefficient (Wildman–Crippen LogP) is 6.62. The zero-order valence-electron chi connectivity index (χ0n) is 24.1. The lowest BCUT2D eigenvalue weighted by Crippen LogP contribution is -2.17. The summed E-state index contributed by atoms with van der Waals surface area (Å²) in [5, 5.41) is 20.7. The number of alkyl halides is 3. The molecule has 0 saturated carbocycles. The van der Waals surface area contributed by atoms with Gasteiger partial charge in [-0.05, 0) is 78.6 Å². The van der Waals surface area contributed by atoms with Crippen LogP contribution in [0.5, 0.6) is 5.75 Å². The number of aromatic carboxylic acids is 2. The number of benzene rings is 3. The number of aryl methyl sites for hydroxylation is 1. The monoisotopic (exact) mass is 677 g/mol. The molecule has 242 valence electrons. The van der Waals surface area contributed by atoms with Gasteiger partial charge < -0.3 is 20.3 Å². The van der Waals surface area contributed by atoms with Crippen molar-refractivity contribution in [2.75, 3.05) is 12.4 Å². The fourth-order valence-corrected chi connectivity index (χ4v) is 5.76. The molecular weight excluding hydrogens is 651 g/mol. The zero-order chi connectivity index (χ0) is 32.9. The Morgan fingerprint density at radius 2 is 1.63 bits per heavy atom. The van der Waals surface area contributed by atoms with Gasteiger partial charge >= 0.3 is 18.3 Å². The molecule has 2 heterocycles. The number of nitrogens with zero attached hydrogens (tertiary/aromatic N) is 2. The molecule has 0 atom stereocenters. The van der Waals surface area contributed by atoms with Gasteiger partial charge in [-0.2, -0.15) is 0 Å². The lowest BCUT2D eigenvalue weighted by molar-refractivity contribution is -0.274. The second kappa shape index (κ2) is 14.3. The number of halogens is 4. The molecule has 0 unspecified atom stereocenters. The van der Waals surface area contributed by atoms with Gasteiger partial charge in [-0.25, -0.2) is 22.0 Å². The van der Waals surface area contributed by atoms with E-state index in [0.29, 0.717) is 23.2 Å². The molecule has 0 spiro atoms. The van der Waals surface area contributed by atoms with Gasteiger partial charge in [-0.15, -0.1) is 25.6 Å². The fraction of sp³-hybridized carbons (Fsp3) is 0.129. The maximum absolute atomic E-state index is 13.2. The Labute approximate surface area is 267 Å². The quantitative estimate of drug-likeness (QED) is 0.165. The van der Waals surface area contributed by atoms with Gasteiger partial charge in [-0.3, -0.25) is 4.98 Å². The van der Waals surface area contributed by atoms with Crippen LogP contribution in [0.25, 0.3) is 10.9 Å². The Balaban J connectivity index is 0.000000375. The molecule has 0 bridgehead atoms. The molecule has 10 nitrogen and oxygen atoms in total. The first-order valence-electron chi connectivity index (χ1n) is 13.1. The van der Waals surface area contributed by atoms with Gasteiger partial charge in [0.15, 0.2) is 0 Å². The summed E-state index contributed by atoms with van der Waals surface area (Å²) in [6.45, 7) is 1.70. The van der Waals surface area contributed by atoms with Crippen molar-refractivity contribution in [3.05, 3.63) is 119 Å². The largest absolute Gasteiger partial charge is 0.573 e. The highest BCUT2D eigenvalue weighted by atomic mass is 35.5. The van der Waals surface area contributed by atoms with Crippen molar-refractivity contribution in [3.8, 4) is 5.75 Å². The van der Waals surface area contributed by atoms with E-state index in [9.17, 15) is 31.2 Å². The van der Waals surface area contributed by atoms with Gasteiger partial charge in [0.25, 0.3) is 10.0 Å². The van der Waals surface area contributed by atoms with Crippen LogP contribution in [0.15, 0.2) is 96.3 Å². The Hall–Kier alpha value is -5.08. The first-order chi connectivity index (χ1) is 21.2. The molecule has 3 aromatic carbocycles. The second-order valence-corrected chi connectivity index (χ2v) is 11.5.